The second kappa shape index (κ2) is 3.04. The van der Waals surface area contributed by atoms with Gasteiger partial charge in [-0.3, -0.25) is 0 Å². The zero-order valence-electron chi connectivity index (χ0n) is 9.74. The molecule has 0 spiro atoms. The van der Waals surface area contributed by atoms with Crippen LogP contribution in [0.2, 0.25) is 0 Å². The third-order valence-corrected chi connectivity index (χ3v) is 3.59. The molecule has 0 aliphatic heterocycles. The van der Waals surface area contributed by atoms with Crippen molar-refractivity contribution in [2.24, 2.45) is 11.1 Å². The van der Waals surface area contributed by atoms with Crippen LogP contribution in [0, 0.1) is 5.41 Å². The van der Waals surface area contributed by atoms with Gasteiger partial charge in [0.05, 0.1) is 7.11 Å². The molecule has 0 aromatic heterocycles. The molecule has 1 aliphatic carbocycles. The van der Waals surface area contributed by atoms with Gasteiger partial charge in [-0.2, -0.15) is 0 Å². The van der Waals surface area contributed by atoms with Gasteiger partial charge in [0, 0.05) is 5.54 Å². The second-order valence-electron chi connectivity index (χ2n) is 5.08. The molecule has 1 saturated carbocycles. The summed E-state index contributed by atoms with van der Waals surface area (Å²) in [4.78, 5) is 0. The van der Waals surface area contributed by atoms with Gasteiger partial charge in [0.2, 0.25) is 5.75 Å². The average Bonchev–Trinajstić information content (AvgIpc) is 2.71. The lowest BCUT2D eigenvalue weighted by Gasteiger charge is -2.17. The van der Waals surface area contributed by atoms with Crippen LogP contribution >= 0.6 is 0 Å². The lowest BCUT2D eigenvalue weighted by molar-refractivity contribution is 0.348. The van der Waals surface area contributed by atoms with E-state index < -0.39 is 5.54 Å². The monoisotopic (exact) mass is 223 g/mol. The smallest absolute Gasteiger partial charge is 0.200 e. The number of benzene rings is 1. The number of phenolic OH excluding ortho intramolecular Hbond substituents is 2. The third kappa shape index (κ3) is 1.33. The molecule has 0 saturated heterocycles. The standard InChI is InChI=1S/C12H17NO3/c1-11(2)6-12(11,13)7-4-8(14)10(15)9(5-7)16-3/h4-5,14-15H,6,13H2,1-3H3. The summed E-state index contributed by atoms with van der Waals surface area (Å²) in [6.45, 7) is 4.15. The highest BCUT2D eigenvalue weighted by atomic mass is 16.5. The Balaban J connectivity index is 2.49. The summed E-state index contributed by atoms with van der Waals surface area (Å²) in [7, 11) is 1.44. The van der Waals surface area contributed by atoms with Crippen molar-refractivity contribution in [3.63, 3.8) is 0 Å². The van der Waals surface area contributed by atoms with Crippen molar-refractivity contribution >= 4 is 0 Å². The zero-order chi connectivity index (χ0) is 12.1. The summed E-state index contributed by atoms with van der Waals surface area (Å²) in [5.41, 5.74) is 6.61. The molecule has 4 heteroatoms. The molecule has 16 heavy (non-hydrogen) atoms. The van der Waals surface area contributed by atoms with E-state index >= 15 is 0 Å². The van der Waals surface area contributed by atoms with Crippen LogP contribution in [-0.4, -0.2) is 17.3 Å². The van der Waals surface area contributed by atoms with Crippen molar-refractivity contribution in [1.82, 2.24) is 0 Å². The predicted octanol–water partition coefficient (Wildman–Crippen LogP) is 1.69. The quantitative estimate of drug-likeness (QED) is 0.667. The van der Waals surface area contributed by atoms with Crippen LogP contribution in [0.25, 0.3) is 0 Å². The first kappa shape index (κ1) is 11.1. The van der Waals surface area contributed by atoms with Crippen LogP contribution in [0.5, 0.6) is 17.2 Å². The first-order valence-electron chi connectivity index (χ1n) is 5.21. The van der Waals surface area contributed by atoms with Gasteiger partial charge in [-0.1, -0.05) is 13.8 Å². The Morgan fingerprint density at radius 3 is 2.31 bits per heavy atom. The van der Waals surface area contributed by atoms with E-state index in [0.717, 1.165) is 12.0 Å². The summed E-state index contributed by atoms with van der Waals surface area (Å²) in [5.74, 6) is -0.183. The van der Waals surface area contributed by atoms with Crippen LogP contribution in [-0.2, 0) is 5.54 Å². The molecule has 1 atom stereocenters. The first-order chi connectivity index (χ1) is 7.32. The molecule has 0 heterocycles. The number of aromatic hydroxyl groups is 2. The van der Waals surface area contributed by atoms with Crippen LogP contribution in [0.3, 0.4) is 0 Å². The maximum atomic E-state index is 9.59. The molecule has 4 N–H and O–H groups in total. The summed E-state index contributed by atoms with van der Waals surface area (Å²) in [6.07, 6.45) is 0.855. The van der Waals surface area contributed by atoms with E-state index in [1.165, 1.54) is 13.2 Å². The number of rotatable bonds is 2. The van der Waals surface area contributed by atoms with E-state index in [0.29, 0.717) is 0 Å². The van der Waals surface area contributed by atoms with Crippen molar-refractivity contribution < 1.29 is 14.9 Å². The molecule has 88 valence electrons. The summed E-state index contributed by atoms with van der Waals surface area (Å²) in [5, 5.41) is 19.1. The number of methoxy groups -OCH3 is 1. The number of nitrogens with two attached hydrogens (primary N) is 1. The second-order valence-corrected chi connectivity index (χ2v) is 5.08. The molecule has 4 nitrogen and oxygen atoms in total. The van der Waals surface area contributed by atoms with Crippen molar-refractivity contribution in [2.45, 2.75) is 25.8 Å². The molecule has 0 amide bonds. The van der Waals surface area contributed by atoms with Gasteiger partial charge in [-0.25, -0.2) is 0 Å². The van der Waals surface area contributed by atoms with Gasteiger partial charge in [-0.15, -0.1) is 0 Å². The highest BCUT2D eigenvalue weighted by Crippen LogP contribution is 2.61. The maximum absolute atomic E-state index is 9.59. The molecule has 0 radical (unpaired) electrons. The lowest BCUT2D eigenvalue weighted by atomic mass is 9.96. The molecule has 1 aromatic rings. The topological polar surface area (TPSA) is 75.7 Å². The predicted molar refractivity (Wildman–Crippen MR) is 60.6 cm³/mol. The van der Waals surface area contributed by atoms with E-state index in [2.05, 4.69) is 13.8 Å². The maximum Gasteiger partial charge on any atom is 0.200 e. The lowest BCUT2D eigenvalue weighted by Crippen LogP contribution is -2.25. The third-order valence-electron chi connectivity index (χ3n) is 3.59. The molecule has 1 aromatic carbocycles. The average molecular weight is 223 g/mol. The largest absolute Gasteiger partial charge is 0.504 e. The van der Waals surface area contributed by atoms with Gasteiger partial charge >= 0.3 is 0 Å². The minimum absolute atomic E-state index is 0.0153. The molecular formula is C12H17NO3. The minimum Gasteiger partial charge on any atom is -0.504 e. The van der Waals surface area contributed by atoms with Crippen LogP contribution < -0.4 is 10.5 Å². The molecule has 1 aliphatic rings. The summed E-state index contributed by atoms with van der Waals surface area (Å²) >= 11 is 0. The molecule has 2 rings (SSSR count). The van der Waals surface area contributed by atoms with E-state index in [9.17, 15) is 10.2 Å². The molecular weight excluding hydrogens is 206 g/mol. The van der Waals surface area contributed by atoms with Gasteiger partial charge < -0.3 is 20.7 Å². The Kier molecular flexibility index (Phi) is 2.11. The Morgan fingerprint density at radius 2 is 1.88 bits per heavy atom. The highest BCUT2D eigenvalue weighted by molar-refractivity contribution is 5.55. The Morgan fingerprint density at radius 1 is 1.31 bits per heavy atom. The highest BCUT2D eigenvalue weighted by Gasteiger charge is 2.59. The number of hydrogen-bond donors (Lipinski definition) is 3. The van der Waals surface area contributed by atoms with E-state index in [-0.39, 0.29) is 22.7 Å². The van der Waals surface area contributed by atoms with E-state index in [1.54, 1.807) is 6.07 Å². The van der Waals surface area contributed by atoms with Gasteiger partial charge in [-0.05, 0) is 29.5 Å². The fourth-order valence-corrected chi connectivity index (χ4v) is 2.15. The molecule has 1 fully saturated rings. The number of hydrogen-bond acceptors (Lipinski definition) is 4. The van der Waals surface area contributed by atoms with Gasteiger partial charge in [0.25, 0.3) is 0 Å². The van der Waals surface area contributed by atoms with E-state index in [1.807, 2.05) is 0 Å². The van der Waals surface area contributed by atoms with Crippen molar-refractivity contribution in [3.05, 3.63) is 17.7 Å². The van der Waals surface area contributed by atoms with Crippen molar-refractivity contribution in [2.75, 3.05) is 7.11 Å². The Bertz CT molecular complexity index is 442. The number of ether oxygens (including phenoxy) is 1. The normalized spacial score (nSPS) is 26.5. The fraction of sp³-hybridized carbons (Fsp3) is 0.500. The first-order valence-corrected chi connectivity index (χ1v) is 5.21. The van der Waals surface area contributed by atoms with Crippen LogP contribution in [0.1, 0.15) is 25.8 Å². The summed E-state index contributed by atoms with van der Waals surface area (Å²) < 4.78 is 4.99. The minimum atomic E-state index is -0.439. The molecule has 0 bridgehead atoms. The van der Waals surface area contributed by atoms with Crippen molar-refractivity contribution in [1.29, 1.82) is 0 Å². The fourth-order valence-electron chi connectivity index (χ4n) is 2.15. The van der Waals surface area contributed by atoms with Gasteiger partial charge in [0.1, 0.15) is 0 Å². The summed E-state index contributed by atoms with van der Waals surface area (Å²) in [6, 6.07) is 3.19. The SMILES string of the molecule is COc1cc(C2(N)CC2(C)C)cc(O)c1O. The zero-order valence-corrected chi connectivity index (χ0v) is 9.74. The Hall–Kier alpha value is -1.42. The van der Waals surface area contributed by atoms with Crippen LogP contribution in [0.15, 0.2) is 12.1 Å². The Labute approximate surface area is 94.7 Å². The molecule has 1 unspecified atom stereocenters. The van der Waals surface area contributed by atoms with Crippen molar-refractivity contribution in [3.8, 4) is 17.2 Å². The number of phenols is 2. The van der Waals surface area contributed by atoms with Gasteiger partial charge in [0.15, 0.2) is 11.5 Å². The van der Waals surface area contributed by atoms with E-state index in [4.69, 9.17) is 10.5 Å². The van der Waals surface area contributed by atoms with Crippen LogP contribution in [0.4, 0.5) is 0 Å².